The topological polar surface area (TPSA) is 69.3 Å². The molecule has 0 saturated carbocycles. The van der Waals surface area contributed by atoms with Crippen molar-refractivity contribution >= 4 is 5.91 Å². The Morgan fingerprint density at radius 2 is 2.00 bits per heavy atom. The van der Waals surface area contributed by atoms with Crippen LogP contribution in [0.5, 0.6) is 0 Å². The number of aromatic nitrogens is 2. The van der Waals surface area contributed by atoms with Gasteiger partial charge >= 0.3 is 5.69 Å². The average molecular weight is 354 g/mol. The maximum absolute atomic E-state index is 13.0. The van der Waals surface area contributed by atoms with Gasteiger partial charge in [-0.3, -0.25) is 9.69 Å². The maximum Gasteiger partial charge on any atom is 0.345 e. The highest BCUT2D eigenvalue weighted by molar-refractivity contribution is 5.92. The highest BCUT2D eigenvalue weighted by atomic mass is 16.2. The normalized spacial score (nSPS) is 18.3. The molecule has 3 rings (SSSR count). The Balaban J connectivity index is 1.81. The molecule has 1 saturated heterocycles. The lowest BCUT2D eigenvalue weighted by Crippen LogP contribution is -2.49. The van der Waals surface area contributed by atoms with Crippen molar-refractivity contribution in [3.63, 3.8) is 0 Å². The number of carbonyl (C=O) groups is 1. The van der Waals surface area contributed by atoms with E-state index in [1.54, 1.807) is 11.0 Å². The highest BCUT2D eigenvalue weighted by Gasteiger charge is 2.29. The van der Waals surface area contributed by atoms with Crippen LogP contribution in [0, 0.1) is 5.92 Å². The first-order valence-electron chi connectivity index (χ1n) is 9.08. The SMILES string of the molecule is CC(C)Cc1cc(C(=O)N2CCN(C)C(c3ccccc3)C2)nc(=O)[nH]1. The van der Waals surface area contributed by atoms with Crippen LogP contribution in [0.15, 0.2) is 41.2 Å². The second-order valence-electron chi connectivity index (χ2n) is 7.35. The third kappa shape index (κ3) is 4.19. The van der Waals surface area contributed by atoms with Crippen LogP contribution in [-0.4, -0.2) is 52.4 Å². The van der Waals surface area contributed by atoms with Crippen molar-refractivity contribution in [1.82, 2.24) is 19.8 Å². The number of nitrogens with one attached hydrogen (secondary N) is 1. The van der Waals surface area contributed by atoms with E-state index >= 15 is 0 Å². The smallest absolute Gasteiger partial charge is 0.334 e. The number of hydrogen-bond donors (Lipinski definition) is 1. The number of carbonyl (C=O) groups excluding carboxylic acids is 1. The first-order chi connectivity index (χ1) is 12.4. The van der Waals surface area contributed by atoms with Crippen molar-refractivity contribution in [2.75, 3.05) is 26.7 Å². The number of H-pyrrole nitrogens is 1. The fraction of sp³-hybridized carbons (Fsp3) is 0.450. The molecule has 0 spiro atoms. The standard InChI is InChI=1S/C20H26N4O2/c1-14(2)11-16-12-17(22-20(26)21-16)19(25)24-10-9-23(3)18(13-24)15-7-5-4-6-8-15/h4-8,12,14,18H,9-11,13H2,1-3H3,(H,21,22,26). The minimum absolute atomic E-state index is 0.144. The molecule has 0 radical (unpaired) electrons. The number of amides is 1. The van der Waals surface area contributed by atoms with Gasteiger partial charge in [0.2, 0.25) is 0 Å². The molecule has 26 heavy (non-hydrogen) atoms. The molecule has 1 amide bonds. The van der Waals surface area contributed by atoms with Crippen LogP contribution in [0.4, 0.5) is 0 Å². The molecule has 0 bridgehead atoms. The Bertz CT molecular complexity index is 816. The molecule has 2 aromatic rings. The van der Waals surface area contributed by atoms with Crippen molar-refractivity contribution in [2.45, 2.75) is 26.3 Å². The lowest BCUT2D eigenvalue weighted by atomic mass is 10.0. The van der Waals surface area contributed by atoms with Gasteiger partial charge in [0.1, 0.15) is 5.69 Å². The van der Waals surface area contributed by atoms with Crippen molar-refractivity contribution in [3.8, 4) is 0 Å². The summed E-state index contributed by atoms with van der Waals surface area (Å²) in [4.78, 5) is 35.6. The summed E-state index contributed by atoms with van der Waals surface area (Å²) in [5.41, 5.74) is 1.73. The Hall–Kier alpha value is -2.47. The first kappa shape index (κ1) is 18.3. The van der Waals surface area contributed by atoms with Gasteiger partial charge in [0.15, 0.2) is 0 Å². The molecule has 138 valence electrons. The Morgan fingerprint density at radius 1 is 1.27 bits per heavy atom. The van der Waals surface area contributed by atoms with Gasteiger partial charge in [-0.05, 0) is 31.0 Å². The quantitative estimate of drug-likeness (QED) is 0.913. The van der Waals surface area contributed by atoms with Crippen LogP contribution in [0.3, 0.4) is 0 Å². The summed E-state index contributed by atoms with van der Waals surface area (Å²) in [5.74, 6) is 0.220. The second-order valence-corrected chi connectivity index (χ2v) is 7.35. The van der Waals surface area contributed by atoms with E-state index in [1.165, 1.54) is 5.56 Å². The molecule has 0 aliphatic carbocycles. The monoisotopic (exact) mass is 354 g/mol. The third-order valence-corrected chi connectivity index (χ3v) is 4.77. The number of likely N-dealkylation sites (N-methyl/N-ethyl adjacent to an activating group) is 1. The number of aromatic amines is 1. The predicted octanol–water partition coefficient (Wildman–Crippen LogP) is 2.10. The van der Waals surface area contributed by atoms with Gasteiger partial charge in [0, 0.05) is 25.3 Å². The zero-order valence-electron chi connectivity index (χ0n) is 15.6. The van der Waals surface area contributed by atoms with Gasteiger partial charge in [-0.2, -0.15) is 4.98 Å². The van der Waals surface area contributed by atoms with E-state index in [9.17, 15) is 9.59 Å². The van der Waals surface area contributed by atoms with Gasteiger partial charge < -0.3 is 9.88 Å². The lowest BCUT2D eigenvalue weighted by molar-refractivity contribution is 0.0540. The summed E-state index contributed by atoms with van der Waals surface area (Å²) in [6, 6.07) is 12.1. The largest absolute Gasteiger partial charge is 0.345 e. The predicted molar refractivity (Wildman–Crippen MR) is 101 cm³/mol. The molecule has 1 atom stereocenters. The highest BCUT2D eigenvalue weighted by Crippen LogP contribution is 2.24. The fourth-order valence-electron chi connectivity index (χ4n) is 3.42. The van der Waals surface area contributed by atoms with Gasteiger partial charge in [-0.1, -0.05) is 44.2 Å². The number of nitrogens with zero attached hydrogens (tertiary/aromatic N) is 3. The van der Waals surface area contributed by atoms with E-state index in [-0.39, 0.29) is 17.6 Å². The Labute approximate surface area is 153 Å². The van der Waals surface area contributed by atoms with Crippen LogP contribution in [0.25, 0.3) is 0 Å². The summed E-state index contributed by atoms with van der Waals surface area (Å²) in [5, 5.41) is 0. The molecule has 1 N–H and O–H groups in total. The Morgan fingerprint density at radius 3 is 2.69 bits per heavy atom. The van der Waals surface area contributed by atoms with Gasteiger partial charge in [-0.25, -0.2) is 4.79 Å². The third-order valence-electron chi connectivity index (χ3n) is 4.77. The van der Waals surface area contributed by atoms with Crippen LogP contribution < -0.4 is 5.69 Å². The van der Waals surface area contributed by atoms with E-state index in [2.05, 4.69) is 47.9 Å². The molecule has 1 aliphatic heterocycles. The summed E-state index contributed by atoms with van der Waals surface area (Å²) in [6.45, 7) is 6.16. The van der Waals surface area contributed by atoms with Crippen molar-refractivity contribution < 1.29 is 4.79 Å². The van der Waals surface area contributed by atoms with Crippen molar-refractivity contribution in [1.29, 1.82) is 0 Å². The zero-order chi connectivity index (χ0) is 18.7. The maximum atomic E-state index is 13.0. The molecule has 1 aromatic carbocycles. The lowest BCUT2D eigenvalue weighted by Gasteiger charge is -2.39. The number of rotatable bonds is 4. The van der Waals surface area contributed by atoms with Crippen LogP contribution in [0.2, 0.25) is 0 Å². The fourth-order valence-corrected chi connectivity index (χ4v) is 3.42. The van der Waals surface area contributed by atoms with E-state index in [1.807, 2.05) is 18.2 Å². The summed E-state index contributed by atoms with van der Waals surface area (Å²) in [6.07, 6.45) is 0.716. The van der Waals surface area contributed by atoms with Crippen molar-refractivity contribution in [2.24, 2.45) is 5.92 Å². The Kier molecular flexibility index (Phi) is 5.52. The van der Waals surface area contributed by atoms with Gasteiger partial charge in [-0.15, -0.1) is 0 Å². The molecular weight excluding hydrogens is 328 g/mol. The number of benzene rings is 1. The minimum Gasteiger partial charge on any atom is -0.334 e. The molecular formula is C20H26N4O2. The molecule has 2 heterocycles. The minimum atomic E-state index is -0.458. The first-order valence-corrected chi connectivity index (χ1v) is 9.08. The number of hydrogen-bond acceptors (Lipinski definition) is 4. The summed E-state index contributed by atoms with van der Waals surface area (Å²) < 4.78 is 0. The van der Waals surface area contributed by atoms with Crippen molar-refractivity contribution in [3.05, 3.63) is 63.8 Å². The molecule has 6 heteroatoms. The van der Waals surface area contributed by atoms with E-state index in [0.29, 0.717) is 25.4 Å². The average Bonchev–Trinajstić information content (AvgIpc) is 2.61. The molecule has 1 fully saturated rings. The van der Waals surface area contributed by atoms with Crippen LogP contribution >= 0.6 is 0 Å². The van der Waals surface area contributed by atoms with E-state index in [4.69, 9.17) is 0 Å². The summed E-state index contributed by atoms with van der Waals surface area (Å²) in [7, 11) is 2.08. The number of piperazine rings is 1. The van der Waals surface area contributed by atoms with E-state index in [0.717, 1.165) is 12.2 Å². The van der Waals surface area contributed by atoms with Gasteiger partial charge in [0.05, 0.1) is 6.04 Å². The molecule has 1 unspecified atom stereocenters. The zero-order valence-corrected chi connectivity index (χ0v) is 15.6. The molecule has 1 aliphatic rings. The molecule has 1 aromatic heterocycles. The van der Waals surface area contributed by atoms with Crippen LogP contribution in [0.1, 0.15) is 41.6 Å². The molecule has 6 nitrogen and oxygen atoms in total. The van der Waals surface area contributed by atoms with Crippen LogP contribution in [-0.2, 0) is 6.42 Å². The van der Waals surface area contributed by atoms with E-state index < -0.39 is 5.69 Å². The summed E-state index contributed by atoms with van der Waals surface area (Å²) >= 11 is 0. The van der Waals surface area contributed by atoms with Gasteiger partial charge in [0.25, 0.3) is 5.91 Å². The second kappa shape index (κ2) is 7.83.